The SMILES string of the molecule is C=CCN=C1NS(=O)(=O)c2cc(-c3nc4ccccc4c(=Nc4ccc(Cl)cc4)o3)c(Cl)cc2S1. The van der Waals surface area contributed by atoms with Gasteiger partial charge in [0.05, 0.1) is 33.7 Å². The fourth-order valence-electron chi connectivity index (χ4n) is 3.36. The molecule has 7 nitrogen and oxygen atoms in total. The molecule has 2 heterocycles. The summed E-state index contributed by atoms with van der Waals surface area (Å²) in [4.78, 5) is 13.9. The van der Waals surface area contributed by atoms with Gasteiger partial charge in [-0.15, -0.1) is 6.58 Å². The van der Waals surface area contributed by atoms with Crippen molar-refractivity contribution in [2.45, 2.75) is 9.79 Å². The van der Waals surface area contributed by atoms with E-state index in [1.807, 2.05) is 24.3 Å². The second-order valence-corrected chi connectivity index (χ2v) is 10.9. The number of rotatable bonds is 4. The Kier molecular flexibility index (Phi) is 6.41. The maximum Gasteiger partial charge on any atom is 0.264 e. The number of amidine groups is 1. The van der Waals surface area contributed by atoms with Gasteiger partial charge in [0.15, 0.2) is 5.17 Å². The van der Waals surface area contributed by atoms with Crippen LogP contribution in [0.2, 0.25) is 10.0 Å². The molecule has 0 unspecified atom stereocenters. The second-order valence-electron chi connectivity index (χ2n) is 7.35. The van der Waals surface area contributed by atoms with E-state index in [2.05, 4.69) is 26.3 Å². The summed E-state index contributed by atoms with van der Waals surface area (Å²) in [6.45, 7) is 3.88. The summed E-state index contributed by atoms with van der Waals surface area (Å²) >= 11 is 13.8. The summed E-state index contributed by atoms with van der Waals surface area (Å²) in [5.74, 6) is 0.135. The van der Waals surface area contributed by atoms with E-state index in [-0.39, 0.29) is 27.5 Å². The molecule has 0 spiro atoms. The fraction of sp³-hybridized carbons (Fsp3) is 0.0417. The monoisotopic (exact) mass is 542 g/mol. The van der Waals surface area contributed by atoms with Gasteiger partial charge in [0.25, 0.3) is 10.0 Å². The second kappa shape index (κ2) is 9.50. The standard InChI is InChI=1S/C24H16Cl2N4O3S2/c1-2-11-27-24-30-35(31,32)21-12-17(18(26)13-20(21)34-24)23-29-19-6-4-3-5-16(19)22(33-23)28-15-9-7-14(25)8-10-15/h2-10,12-13H,1,11H2,(H,27,30). The maximum atomic E-state index is 12.9. The molecule has 35 heavy (non-hydrogen) atoms. The van der Waals surface area contributed by atoms with Crippen molar-refractivity contribution in [2.75, 3.05) is 6.54 Å². The first kappa shape index (κ1) is 23.6. The lowest BCUT2D eigenvalue weighted by Crippen LogP contribution is -2.32. The quantitative estimate of drug-likeness (QED) is 0.321. The lowest BCUT2D eigenvalue weighted by Gasteiger charge is -2.20. The summed E-state index contributed by atoms with van der Waals surface area (Å²) in [6.07, 6.45) is 1.58. The number of halogens is 2. The average Bonchev–Trinajstić information content (AvgIpc) is 2.83. The normalized spacial score (nSPS) is 16.2. The van der Waals surface area contributed by atoms with Gasteiger partial charge in [0, 0.05) is 9.92 Å². The highest BCUT2D eigenvalue weighted by atomic mass is 35.5. The largest absolute Gasteiger partial charge is 0.419 e. The Balaban J connectivity index is 1.69. The van der Waals surface area contributed by atoms with Crippen molar-refractivity contribution in [3.05, 3.63) is 88.9 Å². The predicted molar refractivity (Wildman–Crippen MR) is 140 cm³/mol. The van der Waals surface area contributed by atoms with E-state index >= 15 is 0 Å². The molecule has 0 amide bonds. The van der Waals surface area contributed by atoms with Crippen LogP contribution in [0.15, 0.2) is 97.5 Å². The number of aromatic nitrogens is 1. The highest BCUT2D eigenvalue weighted by Crippen LogP contribution is 2.39. The van der Waals surface area contributed by atoms with Gasteiger partial charge in [-0.1, -0.05) is 53.2 Å². The molecule has 3 aromatic carbocycles. The zero-order valence-electron chi connectivity index (χ0n) is 17.9. The van der Waals surface area contributed by atoms with Gasteiger partial charge in [0.2, 0.25) is 11.4 Å². The zero-order valence-corrected chi connectivity index (χ0v) is 21.0. The van der Waals surface area contributed by atoms with Crippen molar-refractivity contribution in [3.8, 4) is 11.5 Å². The van der Waals surface area contributed by atoms with E-state index < -0.39 is 10.0 Å². The topological polar surface area (TPSA) is 96.9 Å². The van der Waals surface area contributed by atoms with Crippen LogP contribution in [0.3, 0.4) is 0 Å². The van der Waals surface area contributed by atoms with Crippen molar-refractivity contribution >= 4 is 66.7 Å². The van der Waals surface area contributed by atoms with Crippen molar-refractivity contribution in [3.63, 3.8) is 0 Å². The molecule has 0 saturated carbocycles. The van der Waals surface area contributed by atoms with Gasteiger partial charge in [-0.25, -0.2) is 18.4 Å². The molecule has 1 aromatic heterocycles. The van der Waals surface area contributed by atoms with Crippen LogP contribution in [0.25, 0.3) is 22.4 Å². The minimum atomic E-state index is -3.87. The van der Waals surface area contributed by atoms with Crippen molar-refractivity contribution in [2.24, 2.45) is 9.98 Å². The molecule has 0 atom stereocenters. The smallest absolute Gasteiger partial charge is 0.264 e. The van der Waals surface area contributed by atoms with E-state index in [0.717, 1.165) is 0 Å². The molecule has 4 aromatic rings. The molecule has 5 rings (SSSR count). The number of aliphatic imine (C=N–C) groups is 1. The summed E-state index contributed by atoms with van der Waals surface area (Å²) in [7, 11) is -3.87. The minimum absolute atomic E-state index is 0.0563. The maximum absolute atomic E-state index is 12.9. The molecule has 0 radical (unpaired) electrons. The summed E-state index contributed by atoms with van der Waals surface area (Å²) in [5, 5.41) is 1.81. The number of nitrogens with one attached hydrogen (secondary N) is 1. The van der Waals surface area contributed by atoms with Crippen LogP contribution in [-0.4, -0.2) is 25.1 Å². The van der Waals surface area contributed by atoms with Crippen molar-refractivity contribution in [1.82, 2.24) is 9.71 Å². The number of sulfonamides is 1. The molecular weight excluding hydrogens is 527 g/mol. The highest BCUT2D eigenvalue weighted by Gasteiger charge is 2.30. The Hall–Kier alpha value is -3.11. The Morgan fingerprint density at radius 3 is 2.66 bits per heavy atom. The molecule has 1 N–H and O–H groups in total. The molecule has 11 heteroatoms. The number of fused-ring (bicyclic) bond motifs is 2. The lowest BCUT2D eigenvalue weighted by molar-refractivity contribution is 0.505. The van der Waals surface area contributed by atoms with Crippen LogP contribution in [0.4, 0.5) is 5.69 Å². The molecular formula is C24H16Cl2N4O3S2. The first-order chi connectivity index (χ1) is 16.8. The van der Waals surface area contributed by atoms with Crippen molar-refractivity contribution < 1.29 is 12.8 Å². The third-order valence-electron chi connectivity index (χ3n) is 4.95. The van der Waals surface area contributed by atoms with Gasteiger partial charge in [-0.3, -0.25) is 9.71 Å². The molecule has 1 aliphatic heterocycles. The van der Waals surface area contributed by atoms with E-state index in [9.17, 15) is 8.42 Å². The van der Waals surface area contributed by atoms with Crippen LogP contribution < -0.4 is 10.3 Å². The van der Waals surface area contributed by atoms with Crippen molar-refractivity contribution in [1.29, 1.82) is 0 Å². The van der Waals surface area contributed by atoms with Crippen LogP contribution in [0.5, 0.6) is 0 Å². The van der Waals surface area contributed by atoms with Crippen LogP contribution >= 0.6 is 35.0 Å². The van der Waals surface area contributed by atoms with Gasteiger partial charge in [0.1, 0.15) is 4.90 Å². The molecule has 0 saturated heterocycles. The summed E-state index contributed by atoms with van der Waals surface area (Å²) < 4.78 is 34.4. The van der Waals surface area contributed by atoms with Crippen LogP contribution in [0.1, 0.15) is 0 Å². The fourth-order valence-corrected chi connectivity index (χ4v) is 6.43. The third kappa shape index (κ3) is 4.85. The molecule has 0 aliphatic carbocycles. The number of nitrogens with zero attached hydrogens (tertiary/aromatic N) is 3. The number of benzene rings is 3. The first-order valence-electron chi connectivity index (χ1n) is 10.2. The van der Waals surface area contributed by atoms with Gasteiger partial charge in [-0.2, -0.15) is 0 Å². The Bertz CT molecular complexity index is 1680. The lowest BCUT2D eigenvalue weighted by atomic mass is 10.2. The first-order valence-corrected chi connectivity index (χ1v) is 13.3. The summed E-state index contributed by atoms with van der Waals surface area (Å²) in [5.41, 5.74) is 1.87. The molecule has 0 fully saturated rings. The van der Waals surface area contributed by atoms with E-state index in [4.69, 9.17) is 27.6 Å². The van der Waals surface area contributed by atoms with E-state index in [0.29, 0.717) is 37.6 Å². The average molecular weight is 543 g/mol. The Labute approximate surface area is 215 Å². The highest BCUT2D eigenvalue weighted by molar-refractivity contribution is 8.16. The number of hydrogen-bond acceptors (Lipinski definition) is 7. The third-order valence-corrected chi connectivity index (χ3v) is 8.14. The summed E-state index contributed by atoms with van der Waals surface area (Å²) in [6, 6.07) is 17.4. The van der Waals surface area contributed by atoms with Gasteiger partial charge in [-0.05, 0) is 48.5 Å². The zero-order chi connectivity index (χ0) is 24.6. The number of thioether (sulfide) groups is 1. The minimum Gasteiger partial charge on any atom is -0.419 e. The van der Waals surface area contributed by atoms with Crippen LogP contribution in [-0.2, 0) is 10.0 Å². The molecule has 176 valence electrons. The Morgan fingerprint density at radius 2 is 1.89 bits per heavy atom. The Morgan fingerprint density at radius 1 is 1.11 bits per heavy atom. The number of para-hydroxylation sites is 1. The predicted octanol–water partition coefficient (Wildman–Crippen LogP) is 5.96. The molecule has 1 aliphatic rings. The van der Waals surface area contributed by atoms with Gasteiger partial charge < -0.3 is 4.42 Å². The molecule has 0 bridgehead atoms. The number of hydrogen-bond donors (Lipinski definition) is 1. The van der Waals surface area contributed by atoms with Crippen LogP contribution in [0, 0.1) is 0 Å². The van der Waals surface area contributed by atoms with E-state index in [1.165, 1.54) is 17.8 Å². The van der Waals surface area contributed by atoms with E-state index in [1.54, 1.807) is 36.4 Å². The van der Waals surface area contributed by atoms with Gasteiger partial charge >= 0.3 is 0 Å².